The highest BCUT2D eigenvalue weighted by Gasteiger charge is 2.31. The van der Waals surface area contributed by atoms with Gasteiger partial charge in [-0.3, -0.25) is 4.79 Å². The van der Waals surface area contributed by atoms with Gasteiger partial charge in [-0.25, -0.2) is 0 Å². The third-order valence-corrected chi connectivity index (χ3v) is 2.98. The molecule has 0 aliphatic carbocycles. The lowest BCUT2D eigenvalue weighted by Crippen LogP contribution is -2.22. The van der Waals surface area contributed by atoms with Gasteiger partial charge in [0.1, 0.15) is 0 Å². The first-order valence-corrected chi connectivity index (χ1v) is 5.77. The normalized spacial score (nSPS) is 11.6. The summed E-state index contributed by atoms with van der Waals surface area (Å²) in [4.78, 5) is 11.6. The lowest BCUT2D eigenvalue weighted by atomic mass is 10.2. The van der Waals surface area contributed by atoms with E-state index in [0.717, 1.165) is 22.9 Å². The molecule has 2 nitrogen and oxygen atoms in total. The van der Waals surface area contributed by atoms with Crippen molar-refractivity contribution in [1.29, 1.82) is 0 Å². The molecule has 19 heavy (non-hydrogen) atoms. The third-order valence-electron chi connectivity index (χ3n) is 2.61. The minimum absolute atomic E-state index is 0.00241. The predicted octanol–water partition coefficient (Wildman–Crippen LogP) is 3.57. The number of benzene rings is 1. The Kier molecular flexibility index (Phi) is 3.66. The summed E-state index contributed by atoms with van der Waals surface area (Å²) in [5, 5.41) is 0.409. The van der Waals surface area contributed by atoms with Gasteiger partial charge in [-0.05, 0) is 17.7 Å². The highest BCUT2D eigenvalue weighted by atomic mass is 35.5. The van der Waals surface area contributed by atoms with Crippen LogP contribution in [-0.4, -0.2) is 4.57 Å². The topological polar surface area (TPSA) is 22.0 Å². The number of alkyl halides is 3. The van der Waals surface area contributed by atoms with E-state index in [4.69, 9.17) is 11.6 Å². The van der Waals surface area contributed by atoms with Gasteiger partial charge in [-0.15, -0.1) is 0 Å². The summed E-state index contributed by atoms with van der Waals surface area (Å²) in [6, 6.07) is 8.37. The van der Waals surface area contributed by atoms with Crippen LogP contribution in [-0.2, 0) is 12.7 Å². The van der Waals surface area contributed by atoms with Gasteiger partial charge >= 0.3 is 6.18 Å². The smallest absolute Gasteiger partial charge is 0.310 e. The first-order chi connectivity index (χ1) is 8.88. The van der Waals surface area contributed by atoms with Crippen molar-refractivity contribution in [3.8, 4) is 0 Å². The van der Waals surface area contributed by atoms with Crippen molar-refractivity contribution < 1.29 is 13.2 Å². The molecule has 1 aromatic heterocycles. The van der Waals surface area contributed by atoms with Gasteiger partial charge in [0.15, 0.2) is 0 Å². The molecular weight excluding hydrogens is 279 g/mol. The van der Waals surface area contributed by atoms with Crippen LogP contribution in [0.4, 0.5) is 13.2 Å². The molecule has 0 atom stereocenters. The second-order valence-corrected chi connectivity index (χ2v) is 4.38. The number of hydrogen-bond donors (Lipinski definition) is 0. The van der Waals surface area contributed by atoms with E-state index < -0.39 is 17.3 Å². The third kappa shape index (κ3) is 3.17. The van der Waals surface area contributed by atoms with E-state index in [1.54, 1.807) is 24.3 Å². The molecule has 0 bridgehead atoms. The molecule has 0 saturated carbocycles. The molecule has 0 radical (unpaired) electrons. The van der Waals surface area contributed by atoms with Gasteiger partial charge in [0, 0.05) is 17.3 Å². The van der Waals surface area contributed by atoms with Crippen molar-refractivity contribution in [2.45, 2.75) is 12.7 Å². The lowest BCUT2D eigenvalue weighted by Gasteiger charge is -2.11. The molecule has 0 fully saturated rings. The Balaban J connectivity index is 2.41. The predicted molar refractivity (Wildman–Crippen MR) is 66.3 cm³/mol. The van der Waals surface area contributed by atoms with Crippen LogP contribution in [0.25, 0.3) is 0 Å². The molecule has 2 rings (SSSR count). The highest BCUT2D eigenvalue weighted by Crippen LogP contribution is 2.28. The molecule has 0 unspecified atom stereocenters. The van der Waals surface area contributed by atoms with E-state index in [2.05, 4.69) is 0 Å². The summed E-state index contributed by atoms with van der Waals surface area (Å²) in [5.41, 5.74) is -0.780. The molecule has 100 valence electrons. The second-order valence-electron chi connectivity index (χ2n) is 3.97. The molecule has 0 amide bonds. The maximum absolute atomic E-state index is 12.6. The fourth-order valence-electron chi connectivity index (χ4n) is 1.63. The summed E-state index contributed by atoms with van der Waals surface area (Å²) in [6.07, 6.45) is -3.68. The number of hydrogen-bond acceptors (Lipinski definition) is 1. The van der Waals surface area contributed by atoms with Crippen LogP contribution in [0.15, 0.2) is 47.4 Å². The van der Waals surface area contributed by atoms with E-state index in [9.17, 15) is 18.0 Å². The standard InChI is InChI=1S/C13H9ClF3NO/c14-11-4-2-1-3-9(11)7-18-8-10(13(15,16)17)5-6-12(18)19/h1-6,8H,7H2. The van der Waals surface area contributed by atoms with Gasteiger partial charge in [0.25, 0.3) is 5.56 Å². The minimum atomic E-state index is -4.48. The van der Waals surface area contributed by atoms with Gasteiger partial charge in [-0.2, -0.15) is 13.2 Å². The van der Waals surface area contributed by atoms with Crippen molar-refractivity contribution >= 4 is 11.6 Å². The number of aromatic nitrogens is 1. The van der Waals surface area contributed by atoms with Crippen LogP contribution in [0.1, 0.15) is 11.1 Å². The molecule has 1 heterocycles. The Hall–Kier alpha value is -1.75. The Morgan fingerprint density at radius 1 is 1.11 bits per heavy atom. The Labute approximate surface area is 112 Å². The van der Waals surface area contributed by atoms with Crippen molar-refractivity contribution in [3.05, 3.63) is 69.1 Å². The van der Waals surface area contributed by atoms with E-state index in [1.807, 2.05) is 0 Å². The second kappa shape index (κ2) is 5.09. The molecule has 2 aromatic rings. The van der Waals surface area contributed by atoms with Crippen LogP contribution in [0.3, 0.4) is 0 Å². The molecule has 6 heteroatoms. The molecular formula is C13H9ClF3NO. The molecule has 0 aliphatic rings. The van der Waals surface area contributed by atoms with Crippen molar-refractivity contribution in [1.82, 2.24) is 4.57 Å². The van der Waals surface area contributed by atoms with Crippen LogP contribution < -0.4 is 5.56 Å². The van der Waals surface area contributed by atoms with Gasteiger partial charge in [-0.1, -0.05) is 29.8 Å². The van der Waals surface area contributed by atoms with E-state index in [1.165, 1.54) is 0 Å². The largest absolute Gasteiger partial charge is 0.417 e. The van der Waals surface area contributed by atoms with Gasteiger partial charge in [0.2, 0.25) is 0 Å². The molecule has 1 aromatic carbocycles. The Bertz CT molecular complexity index is 649. The van der Waals surface area contributed by atoms with Gasteiger partial charge in [0.05, 0.1) is 12.1 Å². The fraction of sp³-hybridized carbons (Fsp3) is 0.154. The van der Waals surface area contributed by atoms with Crippen LogP contribution in [0.2, 0.25) is 5.02 Å². The first-order valence-electron chi connectivity index (χ1n) is 5.39. The van der Waals surface area contributed by atoms with Gasteiger partial charge < -0.3 is 4.57 Å². The summed E-state index contributed by atoms with van der Waals surface area (Å²) in [6.45, 7) is 0.00241. The monoisotopic (exact) mass is 287 g/mol. The lowest BCUT2D eigenvalue weighted by molar-refractivity contribution is -0.138. The van der Waals surface area contributed by atoms with Crippen molar-refractivity contribution in [2.24, 2.45) is 0 Å². The number of pyridine rings is 1. The Morgan fingerprint density at radius 2 is 1.79 bits per heavy atom. The SMILES string of the molecule is O=c1ccc(C(F)(F)F)cn1Cc1ccccc1Cl. The highest BCUT2D eigenvalue weighted by molar-refractivity contribution is 6.31. The first kappa shape index (κ1) is 13.7. The minimum Gasteiger partial charge on any atom is -0.310 e. The number of rotatable bonds is 2. The van der Waals surface area contributed by atoms with Crippen LogP contribution in [0.5, 0.6) is 0 Å². The van der Waals surface area contributed by atoms with Crippen molar-refractivity contribution in [3.63, 3.8) is 0 Å². The van der Waals surface area contributed by atoms with Crippen LogP contribution >= 0.6 is 11.6 Å². The van der Waals surface area contributed by atoms with Crippen molar-refractivity contribution in [2.75, 3.05) is 0 Å². The Morgan fingerprint density at radius 3 is 2.42 bits per heavy atom. The summed E-state index contributed by atoms with van der Waals surface area (Å²) < 4.78 is 38.7. The fourth-order valence-corrected chi connectivity index (χ4v) is 1.83. The number of nitrogens with zero attached hydrogens (tertiary/aromatic N) is 1. The molecule has 0 N–H and O–H groups in total. The summed E-state index contributed by atoms with van der Waals surface area (Å²) in [7, 11) is 0. The van der Waals surface area contributed by atoms with E-state index in [-0.39, 0.29) is 6.54 Å². The average molecular weight is 288 g/mol. The molecule has 0 aliphatic heterocycles. The zero-order chi connectivity index (χ0) is 14.0. The molecule has 0 saturated heterocycles. The summed E-state index contributed by atoms with van der Waals surface area (Å²) in [5.74, 6) is 0. The number of halogens is 4. The maximum Gasteiger partial charge on any atom is 0.417 e. The van der Waals surface area contributed by atoms with E-state index >= 15 is 0 Å². The maximum atomic E-state index is 12.6. The zero-order valence-electron chi connectivity index (χ0n) is 9.62. The summed E-state index contributed by atoms with van der Waals surface area (Å²) >= 11 is 5.92. The quantitative estimate of drug-likeness (QED) is 0.828. The molecule has 0 spiro atoms. The zero-order valence-corrected chi connectivity index (χ0v) is 10.4. The van der Waals surface area contributed by atoms with E-state index in [0.29, 0.717) is 10.6 Å². The average Bonchev–Trinajstić information content (AvgIpc) is 2.33. The van der Waals surface area contributed by atoms with Crippen LogP contribution in [0, 0.1) is 0 Å².